The third-order valence-corrected chi connectivity index (χ3v) is 2.79. The minimum Gasteiger partial charge on any atom is -0.479 e. The van der Waals surface area contributed by atoms with Crippen LogP contribution >= 0.6 is 22.6 Å². The van der Waals surface area contributed by atoms with Crippen LogP contribution in [0, 0.1) is 25.0 Å². The van der Waals surface area contributed by atoms with E-state index >= 15 is 0 Å². The number of halogens is 1. The Morgan fingerprint density at radius 3 is 2.72 bits per heavy atom. The average molecular weight is 362 g/mol. The molecule has 1 aromatic carbocycles. The lowest BCUT2D eigenvalue weighted by atomic mass is 10.2. The number of carbonyl (C=O) groups is 1. The van der Waals surface area contributed by atoms with E-state index in [2.05, 4.69) is 0 Å². The van der Waals surface area contributed by atoms with Crippen LogP contribution < -0.4 is 4.74 Å². The van der Waals surface area contributed by atoms with Gasteiger partial charge in [0, 0.05) is 6.07 Å². The summed E-state index contributed by atoms with van der Waals surface area (Å²) in [6.07, 6.45) is -1.22. The van der Waals surface area contributed by atoms with Gasteiger partial charge in [-0.25, -0.2) is 4.79 Å². The molecule has 0 spiro atoms. The van der Waals surface area contributed by atoms with E-state index in [0.29, 0.717) is 3.57 Å². The van der Waals surface area contributed by atoms with Crippen LogP contribution in [0.15, 0.2) is 12.1 Å². The van der Waals surface area contributed by atoms with Crippen molar-refractivity contribution < 1.29 is 19.6 Å². The Morgan fingerprint density at radius 2 is 2.28 bits per heavy atom. The number of rotatable bonds is 4. The summed E-state index contributed by atoms with van der Waals surface area (Å²) in [6, 6.07) is 4.22. The van der Waals surface area contributed by atoms with Gasteiger partial charge in [-0.15, -0.1) is 0 Å². The Hall–Kier alpha value is -1.89. The highest BCUT2D eigenvalue weighted by molar-refractivity contribution is 14.1. The minimum absolute atomic E-state index is 0.112. The molecule has 1 aromatic rings. The van der Waals surface area contributed by atoms with Crippen molar-refractivity contribution in [2.75, 3.05) is 0 Å². The molecule has 0 amide bonds. The zero-order chi connectivity index (χ0) is 13.9. The molecule has 1 rings (SSSR count). The van der Waals surface area contributed by atoms with E-state index < -0.39 is 22.7 Å². The van der Waals surface area contributed by atoms with Crippen LogP contribution in [0.4, 0.5) is 5.69 Å². The topological polar surface area (TPSA) is 113 Å². The molecule has 1 atom stereocenters. The number of benzene rings is 1. The summed E-state index contributed by atoms with van der Waals surface area (Å²) >= 11 is 1.75. The second-order valence-electron chi connectivity index (χ2n) is 3.27. The quantitative estimate of drug-likeness (QED) is 0.497. The fraction of sp³-hybridized carbons (Fsp3) is 0.200. The molecular weight excluding hydrogens is 355 g/mol. The normalized spacial score (nSPS) is 11.4. The number of ether oxygens (including phenoxy) is 1. The number of nitriles is 1. The lowest BCUT2D eigenvalue weighted by Crippen LogP contribution is -2.23. The third-order valence-electron chi connectivity index (χ3n) is 1.99. The second kappa shape index (κ2) is 5.63. The number of nitrogens with zero attached hydrogens (tertiary/aromatic N) is 2. The number of carboxylic acids is 1. The van der Waals surface area contributed by atoms with Crippen LogP contribution in [0.3, 0.4) is 0 Å². The lowest BCUT2D eigenvalue weighted by molar-refractivity contribution is -0.386. The summed E-state index contributed by atoms with van der Waals surface area (Å²) in [5.41, 5.74) is -0.312. The number of hydrogen-bond acceptors (Lipinski definition) is 5. The van der Waals surface area contributed by atoms with Crippen molar-refractivity contribution in [3.63, 3.8) is 0 Å². The summed E-state index contributed by atoms with van der Waals surface area (Å²) in [5.74, 6) is -1.38. The van der Waals surface area contributed by atoms with Crippen molar-refractivity contribution in [3.05, 3.63) is 31.4 Å². The number of aliphatic carboxylic acids is 1. The number of nitro benzene ring substituents is 1. The van der Waals surface area contributed by atoms with Gasteiger partial charge in [-0.2, -0.15) is 5.26 Å². The first-order chi connectivity index (χ1) is 8.36. The van der Waals surface area contributed by atoms with E-state index in [1.54, 1.807) is 28.7 Å². The smallest absolute Gasteiger partial charge is 0.344 e. The van der Waals surface area contributed by atoms with Crippen LogP contribution in [0.2, 0.25) is 0 Å². The molecular formula is C10H7IN2O5. The standard InChI is InChI=1S/C10H7IN2O5/c1-5(10(14)15)18-9-7(11)2-6(4-12)3-8(9)13(16)17/h2-3,5H,1H3,(H,14,15). The lowest BCUT2D eigenvalue weighted by Gasteiger charge is -2.12. The molecule has 8 heteroatoms. The minimum atomic E-state index is -1.23. The molecule has 1 unspecified atom stereocenters. The predicted octanol–water partition coefficient (Wildman–Crippen LogP) is 1.92. The van der Waals surface area contributed by atoms with Crippen molar-refractivity contribution in [3.8, 4) is 11.8 Å². The Labute approximate surface area is 115 Å². The largest absolute Gasteiger partial charge is 0.479 e. The van der Waals surface area contributed by atoms with E-state index in [1.807, 2.05) is 0 Å². The van der Waals surface area contributed by atoms with Crippen LogP contribution in [0.1, 0.15) is 12.5 Å². The molecule has 7 nitrogen and oxygen atoms in total. The zero-order valence-electron chi connectivity index (χ0n) is 9.08. The summed E-state index contributed by atoms with van der Waals surface area (Å²) in [7, 11) is 0. The van der Waals surface area contributed by atoms with Gasteiger partial charge < -0.3 is 9.84 Å². The van der Waals surface area contributed by atoms with Gasteiger partial charge in [0.1, 0.15) is 0 Å². The highest BCUT2D eigenvalue weighted by Gasteiger charge is 2.24. The fourth-order valence-electron chi connectivity index (χ4n) is 1.12. The van der Waals surface area contributed by atoms with E-state index in [-0.39, 0.29) is 11.3 Å². The number of hydrogen-bond donors (Lipinski definition) is 1. The predicted molar refractivity (Wildman–Crippen MR) is 68.3 cm³/mol. The maximum absolute atomic E-state index is 10.9. The van der Waals surface area contributed by atoms with Gasteiger partial charge in [-0.1, -0.05) is 0 Å². The molecule has 94 valence electrons. The molecule has 0 aliphatic heterocycles. The molecule has 0 fully saturated rings. The van der Waals surface area contributed by atoms with Gasteiger partial charge in [0.2, 0.25) is 5.75 Å². The van der Waals surface area contributed by atoms with Crippen molar-refractivity contribution in [1.82, 2.24) is 0 Å². The van der Waals surface area contributed by atoms with Crippen LogP contribution in [0.25, 0.3) is 0 Å². The third kappa shape index (κ3) is 3.07. The van der Waals surface area contributed by atoms with E-state index in [4.69, 9.17) is 15.1 Å². The molecule has 0 saturated carbocycles. The van der Waals surface area contributed by atoms with Gasteiger partial charge in [0.05, 0.1) is 20.1 Å². The molecule has 0 radical (unpaired) electrons. The van der Waals surface area contributed by atoms with E-state index in [9.17, 15) is 14.9 Å². The Bertz CT molecular complexity index is 552. The highest BCUT2D eigenvalue weighted by Crippen LogP contribution is 2.34. The van der Waals surface area contributed by atoms with Crippen molar-refractivity contribution in [2.24, 2.45) is 0 Å². The highest BCUT2D eigenvalue weighted by atomic mass is 127. The van der Waals surface area contributed by atoms with Gasteiger partial charge in [0.15, 0.2) is 6.10 Å². The Balaban J connectivity index is 3.30. The molecule has 0 saturated heterocycles. The van der Waals surface area contributed by atoms with Crippen LogP contribution in [0.5, 0.6) is 5.75 Å². The Kier molecular flexibility index (Phi) is 4.43. The summed E-state index contributed by atoms with van der Waals surface area (Å²) < 4.78 is 5.35. The van der Waals surface area contributed by atoms with Crippen LogP contribution in [-0.2, 0) is 4.79 Å². The fourth-order valence-corrected chi connectivity index (χ4v) is 1.86. The van der Waals surface area contributed by atoms with Gasteiger partial charge >= 0.3 is 11.7 Å². The summed E-state index contributed by atoms with van der Waals surface area (Å²) in [4.78, 5) is 20.8. The summed E-state index contributed by atoms with van der Waals surface area (Å²) in [5, 5.41) is 28.3. The summed E-state index contributed by atoms with van der Waals surface area (Å²) in [6.45, 7) is 1.26. The van der Waals surface area contributed by atoms with Gasteiger partial charge in [-0.05, 0) is 35.6 Å². The zero-order valence-corrected chi connectivity index (χ0v) is 11.2. The van der Waals surface area contributed by atoms with E-state index in [1.165, 1.54) is 13.0 Å². The van der Waals surface area contributed by atoms with Crippen LogP contribution in [-0.4, -0.2) is 22.1 Å². The SMILES string of the molecule is CC(Oc1c(I)cc(C#N)cc1[N+](=O)[O-])C(=O)O. The first-order valence-corrected chi connectivity index (χ1v) is 5.72. The molecule has 0 aliphatic rings. The second-order valence-corrected chi connectivity index (χ2v) is 4.44. The number of carboxylic acid groups (broad SMARTS) is 1. The number of nitro groups is 1. The molecule has 0 bridgehead atoms. The van der Waals surface area contributed by atoms with Crippen molar-refractivity contribution >= 4 is 34.2 Å². The van der Waals surface area contributed by atoms with Gasteiger partial charge in [-0.3, -0.25) is 10.1 Å². The Morgan fingerprint density at radius 1 is 1.67 bits per heavy atom. The van der Waals surface area contributed by atoms with Crippen molar-refractivity contribution in [1.29, 1.82) is 5.26 Å². The maximum Gasteiger partial charge on any atom is 0.344 e. The first-order valence-electron chi connectivity index (χ1n) is 4.64. The first kappa shape index (κ1) is 14.2. The van der Waals surface area contributed by atoms with Gasteiger partial charge in [0.25, 0.3) is 0 Å². The van der Waals surface area contributed by atoms with Crippen molar-refractivity contribution in [2.45, 2.75) is 13.0 Å². The monoisotopic (exact) mass is 362 g/mol. The maximum atomic E-state index is 10.9. The van der Waals surface area contributed by atoms with E-state index in [0.717, 1.165) is 6.07 Å². The average Bonchev–Trinajstić information content (AvgIpc) is 2.30. The molecule has 0 aromatic heterocycles. The molecule has 0 heterocycles. The molecule has 1 N–H and O–H groups in total. The molecule has 18 heavy (non-hydrogen) atoms. The molecule has 0 aliphatic carbocycles.